The van der Waals surface area contributed by atoms with Gasteiger partial charge in [0.1, 0.15) is 11.3 Å². The van der Waals surface area contributed by atoms with Crippen molar-refractivity contribution >= 4 is 11.0 Å². The molecular formula is C12H14O. The molecule has 0 spiro atoms. The zero-order valence-electron chi connectivity index (χ0n) is 8.29. The molecule has 2 aromatic rings. The minimum atomic E-state index is 0.465. The molecule has 13 heavy (non-hydrogen) atoms. The van der Waals surface area contributed by atoms with Crippen molar-refractivity contribution in [3.63, 3.8) is 0 Å². The fraction of sp³-hybridized carbons (Fsp3) is 0.333. The topological polar surface area (TPSA) is 13.1 Å². The van der Waals surface area contributed by atoms with Gasteiger partial charge in [-0.3, -0.25) is 0 Å². The first-order valence-corrected chi connectivity index (χ1v) is 4.68. The molecular weight excluding hydrogens is 160 g/mol. The summed E-state index contributed by atoms with van der Waals surface area (Å²) in [5.74, 6) is 1.58. The Morgan fingerprint density at radius 1 is 1.15 bits per heavy atom. The highest BCUT2D eigenvalue weighted by molar-refractivity contribution is 5.82. The highest BCUT2D eigenvalue weighted by atomic mass is 16.3. The molecule has 0 aliphatic heterocycles. The fourth-order valence-corrected chi connectivity index (χ4v) is 1.74. The standard InChI is InChI=1S/C12H14O/c1-8(2)12-9(3)10-6-4-5-7-11(10)13-12/h4-8H,1-3H3. The number of para-hydroxylation sites is 1. The maximum Gasteiger partial charge on any atom is 0.134 e. The van der Waals surface area contributed by atoms with E-state index in [-0.39, 0.29) is 0 Å². The lowest BCUT2D eigenvalue weighted by Crippen LogP contribution is -1.85. The number of hydrogen-bond donors (Lipinski definition) is 0. The van der Waals surface area contributed by atoms with E-state index < -0.39 is 0 Å². The van der Waals surface area contributed by atoms with Crippen LogP contribution in [0.1, 0.15) is 31.1 Å². The van der Waals surface area contributed by atoms with E-state index in [0.717, 1.165) is 11.3 Å². The maximum atomic E-state index is 5.76. The third-order valence-corrected chi connectivity index (χ3v) is 2.40. The van der Waals surface area contributed by atoms with E-state index in [9.17, 15) is 0 Å². The van der Waals surface area contributed by atoms with Gasteiger partial charge >= 0.3 is 0 Å². The van der Waals surface area contributed by atoms with Gasteiger partial charge in [0.2, 0.25) is 0 Å². The molecule has 0 saturated carbocycles. The normalized spacial score (nSPS) is 11.4. The van der Waals surface area contributed by atoms with Gasteiger partial charge in [0.15, 0.2) is 0 Å². The summed E-state index contributed by atoms with van der Waals surface area (Å²) in [7, 11) is 0. The number of aryl methyl sites for hydroxylation is 1. The maximum absolute atomic E-state index is 5.76. The van der Waals surface area contributed by atoms with E-state index in [1.165, 1.54) is 10.9 Å². The van der Waals surface area contributed by atoms with Gasteiger partial charge in [-0.15, -0.1) is 0 Å². The van der Waals surface area contributed by atoms with Crippen LogP contribution in [0.3, 0.4) is 0 Å². The molecule has 0 atom stereocenters. The predicted octanol–water partition coefficient (Wildman–Crippen LogP) is 3.86. The van der Waals surface area contributed by atoms with Gasteiger partial charge in [-0.2, -0.15) is 0 Å². The van der Waals surface area contributed by atoms with Crippen molar-refractivity contribution in [2.75, 3.05) is 0 Å². The summed E-state index contributed by atoms with van der Waals surface area (Å²) in [4.78, 5) is 0. The van der Waals surface area contributed by atoms with Gasteiger partial charge in [-0.05, 0) is 18.6 Å². The molecule has 1 heterocycles. The lowest BCUT2D eigenvalue weighted by atomic mass is 10.1. The van der Waals surface area contributed by atoms with Crippen LogP contribution < -0.4 is 0 Å². The van der Waals surface area contributed by atoms with Gasteiger partial charge in [-0.25, -0.2) is 0 Å². The van der Waals surface area contributed by atoms with Crippen LogP contribution in [0.5, 0.6) is 0 Å². The van der Waals surface area contributed by atoms with E-state index in [4.69, 9.17) is 4.42 Å². The summed E-state index contributed by atoms with van der Waals surface area (Å²) in [5, 5.41) is 1.24. The molecule has 0 saturated heterocycles. The van der Waals surface area contributed by atoms with Crippen LogP contribution >= 0.6 is 0 Å². The molecule has 0 fully saturated rings. The van der Waals surface area contributed by atoms with Crippen molar-refractivity contribution in [3.05, 3.63) is 35.6 Å². The molecule has 0 aliphatic carbocycles. The van der Waals surface area contributed by atoms with Gasteiger partial charge < -0.3 is 4.42 Å². The molecule has 68 valence electrons. The summed E-state index contributed by atoms with van der Waals surface area (Å²) >= 11 is 0. The Kier molecular flexibility index (Phi) is 1.87. The minimum Gasteiger partial charge on any atom is -0.461 e. The Morgan fingerprint density at radius 2 is 1.85 bits per heavy atom. The number of furan rings is 1. The zero-order valence-corrected chi connectivity index (χ0v) is 8.29. The summed E-state index contributed by atoms with van der Waals surface area (Å²) < 4.78 is 5.76. The Hall–Kier alpha value is -1.24. The molecule has 1 aromatic carbocycles. The van der Waals surface area contributed by atoms with Gasteiger partial charge in [0.05, 0.1) is 0 Å². The SMILES string of the molecule is Cc1c(C(C)C)oc2ccccc12. The summed E-state index contributed by atoms with van der Waals surface area (Å²) in [6.07, 6.45) is 0. The molecule has 1 heteroatoms. The van der Waals surface area contributed by atoms with Crippen molar-refractivity contribution in [1.82, 2.24) is 0 Å². The van der Waals surface area contributed by atoms with Crippen LogP contribution in [0.4, 0.5) is 0 Å². The number of benzene rings is 1. The highest BCUT2D eigenvalue weighted by Crippen LogP contribution is 2.29. The van der Waals surface area contributed by atoms with E-state index in [1.54, 1.807) is 0 Å². The number of rotatable bonds is 1. The summed E-state index contributed by atoms with van der Waals surface area (Å²) in [6, 6.07) is 8.19. The fourth-order valence-electron chi connectivity index (χ4n) is 1.74. The Morgan fingerprint density at radius 3 is 2.46 bits per heavy atom. The van der Waals surface area contributed by atoms with E-state index in [2.05, 4.69) is 32.9 Å². The second kappa shape index (κ2) is 2.91. The minimum absolute atomic E-state index is 0.465. The lowest BCUT2D eigenvalue weighted by molar-refractivity contribution is 0.518. The van der Waals surface area contributed by atoms with E-state index >= 15 is 0 Å². The van der Waals surface area contributed by atoms with Crippen LogP contribution in [-0.4, -0.2) is 0 Å². The summed E-state index contributed by atoms with van der Waals surface area (Å²) in [6.45, 7) is 6.44. The van der Waals surface area contributed by atoms with Gasteiger partial charge in [0, 0.05) is 11.3 Å². The third kappa shape index (κ3) is 1.24. The van der Waals surface area contributed by atoms with Crippen LogP contribution in [0.25, 0.3) is 11.0 Å². The van der Waals surface area contributed by atoms with Crippen molar-refractivity contribution in [2.45, 2.75) is 26.7 Å². The molecule has 0 amide bonds. The molecule has 1 aromatic heterocycles. The smallest absolute Gasteiger partial charge is 0.134 e. The van der Waals surface area contributed by atoms with E-state index in [0.29, 0.717) is 5.92 Å². The first-order chi connectivity index (χ1) is 6.20. The first kappa shape index (κ1) is 8.36. The summed E-state index contributed by atoms with van der Waals surface area (Å²) in [5.41, 5.74) is 2.29. The molecule has 0 bridgehead atoms. The molecule has 0 aliphatic rings. The zero-order chi connectivity index (χ0) is 9.42. The largest absolute Gasteiger partial charge is 0.461 e. The second-order valence-corrected chi connectivity index (χ2v) is 3.74. The molecule has 2 rings (SSSR count). The molecule has 0 unspecified atom stereocenters. The second-order valence-electron chi connectivity index (χ2n) is 3.74. The van der Waals surface area contributed by atoms with Crippen molar-refractivity contribution in [2.24, 2.45) is 0 Å². The quantitative estimate of drug-likeness (QED) is 0.639. The molecule has 0 N–H and O–H groups in total. The molecule has 0 radical (unpaired) electrons. The van der Waals surface area contributed by atoms with Crippen LogP contribution in [0, 0.1) is 6.92 Å². The lowest BCUT2D eigenvalue weighted by Gasteiger charge is -1.99. The van der Waals surface area contributed by atoms with Crippen LogP contribution in [0.2, 0.25) is 0 Å². The van der Waals surface area contributed by atoms with Gasteiger partial charge in [0.25, 0.3) is 0 Å². The average molecular weight is 174 g/mol. The van der Waals surface area contributed by atoms with Crippen molar-refractivity contribution in [3.8, 4) is 0 Å². The van der Waals surface area contributed by atoms with Crippen molar-refractivity contribution in [1.29, 1.82) is 0 Å². The number of hydrogen-bond acceptors (Lipinski definition) is 1. The Balaban J connectivity index is 2.74. The Bertz CT molecular complexity index is 424. The van der Waals surface area contributed by atoms with Crippen LogP contribution in [-0.2, 0) is 0 Å². The van der Waals surface area contributed by atoms with Gasteiger partial charge in [-0.1, -0.05) is 32.0 Å². The molecule has 1 nitrogen and oxygen atoms in total. The monoisotopic (exact) mass is 174 g/mol. The number of fused-ring (bicyclic) bond motifs is 1. The van der Waals surface area contributed by atoms with Crippen LogP contribution in [0.15, 0.2) is 28.7 Å². The first-order valence-electron chi connectivity index (χ1n) is 4.68. The predicted molar refractivity (Wildman–Crippen MR) is 55.0 cm³/mol. The third-order valence-electron chi connectivity index (χ3n) is 2.40. The Labute approximate surface area is 78.4 Å². The van der Waals surface area contributed by atoms with E-state index in [1.807, 2.05) is 12.1 Å². The highest BCUT2D eigenvalue weighted by Gasteiger charge is 2.11. The average Bonchev–Trinajstić information content (AvgIpc) is 2.45. The van der Waals surface area contributed by atoms with Crippen molar-refractivity contribution < 1.29 is 4.42 Å².